The van der Waals surface area contributed by atoms with Gasteiger partial charge in [-0.15, -0.1) is 11.8 Å². The standard InChI is InChI=1S/C16H22N2S/c1-4-7-14-12-13-8-5-6-9-15(13)17-16(14)19-11-10-18(2)3/h5-6,8-9,12H,4,7,10-11H2,1-3H3. The number of hydrogen-bond acceptors (Lipinski definition) is 3. The van der Waals surface area contributed by atoms with Crippen LogP contribution in [-0.4, -0.2) is 36.3 Å². The molecular weight excluding hydrogens is 252 g/mol. The van der Waals surface area contributed by atoms with Crippen LogP contribution >= 0.6 is 11.8 Å². The zero-order chi connectivity index (χ0) is 13.7. The second kappa shape index (κ2) is 6.92. The molecule has 0 N–H and O–H groups in total. The van der Waals surface area contributed by atoms with E-state index in [0.29, 0.717) is 0 Å². The summed E-state index contributed by atoms with van der Waals surface area (Å²) >= 11 is 1.88. The van der Waals surface area contributed by atoms with Crippen LogP contribution in [-0.2, 0) is 6.42 Å². The first kappa shape index (κ1) is 14.4. The van der Waals surface area contributed by atoms with E-state index in [1.165, 1.54) is 22.4 Å². The zero-order valence-corrected chi connectivity index (χ0v) is 12.8. The fourth-order valence-corrected chi connectivity index (χ4v) is 3.20. The molecular formula is C16H22N2S. The predicted molar refractivity (Wildman–Crippen MR) is 85.0 cm³/mol. The van der Waals surface area contributed by atoms with Crippen molar-refractivity contribution in [3.05, 3.63) is 35.9 Å². The molecule has 0 atom stereocenters. The Hall–Kier alpha value is -1.06. The lowest BCUT2D eigenvalue weighted by atomic mass is 10.1. The lowest BCUT2D eigenvalue weighted by Gasteiger charge is -2.12. The van der Waals surface area contributed by atoms with E-state index in [1.807, 2.05) is 11.8 Å². The Labute approximate surface area is 120 Å². The van der Waals surface area contributed by atoms with Gasteiger partial charge in [0, 0.05) is 17.7 Å². The molecule has 1 aromatic carbocycles. The Morgan fingerprint density at radius 3 is 2.74 bits per heavy atom. The molecule has 0 radical (unpaired) electrons. The number of pyridine rings is 1. The van der Waals surface area contributed by atoms with Crippen LogP contribution in [0.3, 0.4) is 0 Å². The van der Waals surface area contributed by atoms with Gasteiger partial charge in [-0.1, -0.05) is 31.5 Å². The molecule has 0 unspecified atom stereocenters. The fraction of sp³-hybridized carbons (Fsp3) is 0.438. The third kappa shape index (κ3) is 3.95. The molecule has 0 saturated carbocycles. The van der Waals surface area contributed by atoms with Gasteiger partial charge in [0.25, 0.3) is 0 Å². The zero-order valence-electron chi connectivity index (χ0n) is 12.0. The molecule has 1 heterocycles. The summed E-state index contributed by atoms with van der Waals surface area (Å²) in [6.45, 7) is 3.31. The quantitative estimate of drug-likeness (QED) is 0.745. The lowest BCUT2D eigenvalue weighted by molar-refractivity contribution is 0.437. The molecule has 1 aromatic heterocycles. The minimum Gasteiger partial charge on any atom is -0.309 e. The summed E-state index contributed by atoms with van der Waals surface area (Å²) < 4.78 is 0. The number of para-hydroxylation sites is 1. The molecule has 0 aliphatic carbocycles. The molecule has 2 aromatic rings. The van der Waals surface area contributed by atoms with Gasteiger partial charge >= 0.3 is 0 Å². The van der Waals surface area contributed by atoms with Crippen LogP contribution < -0.4 is 0 Å². The van der Waals surface area contributed by atoms with Gasteiger partial charge in [-0.2, -0.15) is 0 Å². The number of benzene rings is 1. The van der Waals surface area contributed by atoms with Crippen LogP contribution in [0, 0.1) is 0 Å². The van der Waals surface area contributed by atoms with Gasteiger partial charge in [0.1, 0.15) is 0 Å². The first-order chi connectivity index (χ1) is 9.20. The molecule has 0 fully saturated rings. The van der Waals surface area contributed by atoms with Gasteiger partial charge < -0.3 is 4.90 Å². The van der Waals surface area contributed by atoms with Crippen molar-refractivity contribution in [2.45, 2.75) is 24.8 Å². The maximum absolute atomic E-state index is 4.84. The minimum absolute atomic E-state index is 1.09. The van der Waals surface area contributed by atoms with Crippen molar-refractivity contribution in [2.75, 3.05) is 26.4 Å². The van der Waals surface area contributed by atoms with Gasteiger partial charge in [-0.25, -0.2) is 4.98 Å². The Morgan fingerprint density at radius 1 is 1.21 bits per heavy atom. The number of aryl methyl sites for hydroxylation is 1. The van der Waals surface area contributed by atoms with Crippen molar-refractivity contribution in [1.29, 1.82) is 0 Å². The molecule has 2 rings (SSSR count). The molecule has 0 spiro atoms. The number of thioether (sulfide) groups is 1. The summed E-state index contributed by atoms with van der Waals surface area (Å²) in [4.78, 5) is 7.05. The molecule has 0 saturated heterocycles. The highest BCUT2D eigenvalue weighted by Gasteiger charge is 2.07. The third-order valence-electron chi connectivity index (χ3n) is 3.06. The highest BCUT2D eigenvalue weighted by Crippen LogP contribution is 2.25. The first-order valence-electron chi connectivity index (χ1n) is 6.87. The maximum Gasteiger partial charge on any atom is 0.1000 e. The molecule has 0 aliphatic rings. The van der Waals surface area contributed by atoms with Gasteiger partial charge in [0.2, 0.25) is 0 Å². The van der Waals surface area contributed by atoms with Gasteiger partial charge in [0.15, 0.2) is 0 Å². The van der Waals surface area contributed by atoms with Crippen LogP contribution in [0.1, 0.15) is 18.9 Å². The van der Waals surface area contributed by atoms with E-state index in [1.54, 1.807) is 0 Å². The van der Waals surface area contributed by atoms with E-state index < -0.39 is 0 Å². The molecule has 2 nitrogen and oxygen atoms in total. The van der Waals surface area contributed by atoms with Crippen molar-refractivity contribution in [3.63, 3.8) is 0 Å². The van der Waals surface area contributed by atoms with E-state index in [4.69, 9.17) is 4.98 Å². The van der Waals surface area contributed by atoms with Gasteiger partial charge in [-0.05, 0) is 38.2 Å². The van der Waals surface area contributed by atoms with Crippen LogP contribution in [0.15, 0.2) is 35.4 Å². The summed E-state index contributed by atoms with van der Waals surface area (Å²) in [6.07, 6.45) is 2.28. The highest BCUT2D eigenvalue weighted by atomic mass is 32.2. The summed E-state index contributed by atoms with van der Waals surface area (Å²) in [7, 11) is 4.22. The van der Waals surface area contributed by atoms with Crippen molar-refractivity contribution >= 4 is 22.7 Å². The maximum atomic E-state index is 4.84. The van der Waals surface area contributed by atoms with Crippen molar-refractivity contribution in [3.8, 4) is 0 Å². The van der Waals surface area contributed by atoms with Gasteiger partial charge in [0.05, 0.1) is 10.5 Å². The molecule has 3 heteroatoms. The predicted octanol–water partition coefficient (Wildman–Crippen LogP) is 3.84. The summed E-state index contributed by atoms with van der Waals surface area (Å²) in [6, 6.07) is 10.7. The van der Waals surface area contributed by atoms with Gasteiger partial charge in [-0.3, -0.25) is 0 Å². The van der Waals surface area contributed by atoms with Crippen molar-refractivity contribution in [1.82, 2.24) is 9.88 Å². The SMILES string of the molecule is CCCc1cc2ccccc2nc1SCCN(C)C. The molecule has 0 aliphatic heterocycles. The minimum atomic E-state index is 1.09. The first-order valence-corrected chi connectivity index (χ1v) is 7.85. The van der Waals surface area contributed by atoms with Crippen LogP contribution in [0.25, 0.3) is 10.9 Å². The number of fused-ring (bicyclic) bond motifs is 1. The molecule has 19 heavy (non-hydrogen) atoms. The average molecular weight is 274 g/mol. The van der Waals surface area contributed by atoms with Crippen LogP contribution in [0.5, 0.6) is 0 Å². The van der Waals surface area contributed by atoms with Crippen LogP contribution in [0.4, 0.5) is 0 Å². The summed E-state index contributed by atoms with van der Waals surface area (Å²) in [5.74, 6) is 1.09. The van der Waals surface area contributed by atoms with E-state index in [2.05, 4.69) is 56.3 Å². The van der Waals surface area contributed by atoms with E-state index in [0.717, 1.165) is 24.2 Å². The summed E-state index contributed by atoms with van der Waals surface area (Å²) in [5.41, 5.74) is 2.50. The number of aromatic nitrogens is 1. The highest BCUT2D eigenvalue weighted by molar-refractivity contribution is 7.99. The van der Waals surface area contributed by atoms with E-state index in [-0.39, 0.29) is 0 Å². The average Bonchev–Trinajstić information content (AvgIpc) is 2.39. The molecule has 0 amide bonds. The Bertz CT molecular complexity index is 537. The monoisotopic (exact) mass is 274 g/mol. The fourth-order valence-electron chi connectivity index (χ4n) is 2.04. The summed E-state index contributed by atoms with van der Waals surface area (Å²) in [5, 5.41) is 2.46. The lowest BCUT2D eigenvalue weighted by Crippen LogP contribution is -2.15. The molecule has 102 valence electrons. The smallest absolute Gasteiger partial charge is 0.1000 e. The normalized spacial score (nSPS) is 11.4. The van der Waals surface area contributed by atoms with Crippen molar-refractivity contribution in [2.24, 2.45) is 0 Å². The Balaban J connectivity index is 2.25. The van der Waals surface area contributed by atoms with Crippen LogP contribution in [0.2, 0.25) is 0 Å². The third-order valence-corrected chi connectivity index (χ3v) is 4.07. The number of nitrogens with zero attached hydrogens (tertiary/aromatic N) is 2. The topological polar surface area (TPSA) is 16.1 Å². The second-order valence-electron chi connectivity index (χ2n) is 5.05. The number of rotatable bonds is 6. The second-order valence-corrected chi connectivity index (χ2v) is 6.13. The number of hydrogen-bond donors (Lipinski definition) is 0. The molecule has 0 bridgehead atoms. The Kier molecular flexibility index (Phi) is 5.23. The Morgan fingerprint density at radius 2 is 2.00 bits per heavy atom. The largest absolute Gasteiger partial charge is 0.309 e. The van der Waals surface area contributed by atoms with E-state index >= 15 is 0 Å². The van der Waals surface area contributed by atoms with E-state index in [9.17, 15) is 0 Å². The van der Waals surface area contributed by atoms with Crippen molar-refractivity contribution < 1.29 is 0 Å².